The van der Waals surface area contributed by atoms with Crippen LogP contribution in [0.1, 0.15) is 6.42 Å². The minimum Gasteiger partial charge on any atom is -0.358 e. The number of rotatable bonds is 6. The summed E-state index contributed by atoms with van der Waals surface area (Å²) in [4.78, 5) is 12.9. The average molecular weight is 255 g/mol. The first kappa shape index (κ1) is 13.6. The number of hydrogen-bond acceptors (Lipinski definition) is 5. The molecule has 0 aliphatic heterocycles. The lowest BCUT2D eigenvalue weighted by atomic mass is 10.4. The van der Waals surface area contributed by atoms with E-state index in [1.165, 1.54) is 11.9 Å². The predicted octanol–water partition coefficient (Wildman–Crippen LogP) is 0.880. The van der Waals surface area contributed by atoms with E-state index in [1.54, 1.807) is 13.2 Å². The number of amides is 2. The van der Waals surface area contributed by atoms with Crippen LogP contribution in [-0.4, -0.2) is 42.6 Å². The van der Waals surface area contributed by atoms with Crippen molar-refractivity contribution in [3.63, 3.8) is 0 Å². The van der Waals surface area contributed by atoms with E-state index in [0.717, 1.165) is 24.5 Å². The van der Waals surface area contributed by atoms with Crippen molar-refractivity contribution >= 4 is 23.8 Å². The van der Waals surface area contributed by atoms with Gasteiger partial charge in [-0.25, -0.2) is 4.79 Å². The molecule has 2 amide bonds. The van der Waals surface area contributed by atoms with Gasteiger partial charge >= 0.3 is 6.03 Å². The van der Waals surface area contributed by atoms with Gasteiger partial charge in [0.25, 0.3) is 0 Å². The number of urea groups is 1. The molecule has 94 valence electrons. The number of aromatic nitrogens is 2. The van der Waals surface area contributed by atoms with Crippen molar-refractivity contribution in [2.24, 2.45) is 0 Å². The van der Waals surface area contributed by atoms with Crippen LogP contribution in [0.4, 0.5) is 10.6 Å². The molecule has 0 radical (unpaired) electrons. The molecule has 0 unspecified atom stereocenters. The van der Waals surface area contributed by atoms with Gasteiger partial charge < -0.3 is 10.2 Å². The molecule has 0 bridgehead atoms. The largest absolute Gasteiger partial charge is 0.358 e. The van der Waals surface area contributed by atoms with E-state index < -0.39 is 0 Å². The van der Waals surface area contributed by atoms with Crippen LogP contribution in [0.15, 0.2) is 18.3 Å². The highest BCUT2D eigenvalue weighted by Crippen LogP contribution is 2.06. The molecule has 7 heteroatoms. The van der Waals surface area contributed by atoms with Crippen molar-refractivity contribution in [3.05, 3.63) is 18.3 Å². The minimum absolute atomic E-state index is 0.169. The third-order valence-electron chi connectivity index (χ3n) is 2.08. The SMILES string of the molecule is CNC(=O)NSCCCN(C)c1cccnn1. The topological polar surface area (TPSA) is 70.2 Å². The third-order valence-corrected chi connectivity index (χ3v) is 2.90. The van der Waals surface area contributed by atoms with E-state index in [-0.39, 0.29) is 6.03 Å². The van der Waals surface area contributed by atoms with Gasteiger partial charge in [-0.05, 0) is 30.5 Å². The summed E-state index contributed by atoms with van der Waals surface area (Å²) in [7, 11) is 3.57. The zero-order chi connectivity index (χ0) is 12.5. The number of nitrogens with zero attached hydrogens (tertiary/aromatic N) is 3. The standard InChI is InChI=1S/C10H17N5OS/c1-11-10(16)14-17-8-4-7-15(2)9-5-3-6-12-13-9/h3,5-6H,4,7-8H2,1-2H3,(H2,11,14,16). The molecule has 2 N–H and O–H groups in total. The fraction of sp³-hybridized carbons (Fsp3) is 0.500. The molecule has 0 fully saturated rings. The number of carbonyl (C=O) groups excluding carboxylic acids is 1. The lowest BCUT2D eigenvalue weighted by Crippen LogP contribution is -2.28. The van der Waals surface area contributed by atoms with Crippen LogP contribution in [0, 0.1) is 0 Å². The third kappa shape index (κ3) is 5.39. The molecule has 0 aliphatic carbocycles. The molecule has 0 spiro atoms. The van der Waals surface area contributed by atoms with Crippen LogP contribution < -0.4 is 14.9 Å². The van der Waals surface area contributed by atoms with Gasteiger partial charge in [0.2, 0.25) is 0 Å². The maximum absolute atomic E-state index is 10.9. The van der Waals surface area contributed by atoms with Crippen LogP contribution >= 0.6 is 11.9 Å². The Morgan fingerprint density at radius 1 is 1.59 bits per heavy atom. The van der Waals surface area contributed by atoms with Gasteiger partial charge in [-0.2, -0.15) is 5.10 Å². The molecule has 1 rings (SSSR count). The highest BCUT2D eigenvalue weighted by atomic mass is 32.2. The summed E-state index contributed by atoms with van der Waals surface area (Å²) in [5.41, 5.74) is 0. The van der Waals surface area contributed by atoms with Crippen molar-refractivity contribution in [1.29, 1.82) is 0 Å². The second kappa shape index (κ2) is 7.72. The number of nitrogens with one attached hydrogen (secondary N) is 2. The Balaban J connectivity index is 2.13. The van der Waals surface area contributed by atoms with E-state index in [4.69, 9.17) is 0 Å². The molecule has 0 saturated carbocycles. The molecule has 0 atom stereocenters. The van der Waals surface area contributed by atoms with E-state index in [9.17, 15) is 4.79 Å². The van der Waals surface area contributed by atoms with E-state index in [2.05, 4.69) is 20.2 Å². The lowest BCUT2D eigenvalue weighted by molar-refractivity contribution is 0.248. The molecule has 17 heavy (non-hydrogen) atoms. The molecule has 1 aromatic heterocycles. The fourth-order valence-electron chi connectivity index (χ4n) is 1.15. The Kier molecular flexibility index (Phi) is 6.16. The van der Waals surface area contributed by atoms with Gasteiger partial charge in [0.15, 0.2) is 5.82 Å². The number of anilines is 1. The van der Waals surface area contributed by atoms with Crippen molar-refractivity contribution in [2.45, 2.75) is 6.42 Å². The molecule has 6 nitrogen and oxygen atoms in total. The Morgan fingerprint density at radius 3 is 3.06 bits per heavy atom. The van der Waals surface area contributed by atoms with Crippen LogP contribution in [0.2, 0.25) is 0 Å². The normalized spacial score (nSPS) is 9.76. The van der Waals surface area contributed by atoms with Gasteiger partial charge in [0, 0.05) is 32.6 Å². The maximum atomic E-state index is 10.9. The van der Waals surface area contributed by atoms with Crippen LogP contribution in [0.3, 0.4) is 0 Å². The average Bonchev–Trinajstić information content (AvgIpc) is 2.38. The highest BCUT2D eigenvalue weighted by Gasteiger charge is 2.01. The summed E-state index contributed by atoms with van der Waals surface area (Å²) >= 11 is 1.40. The first-order valence-corrected chi connectivity index (χ1v) is 6.31. The van der Waals surface area contributed by atoms with Crippen LogP contribution in [-0.2, 0) is 0 Å². The van der Waals surface area contributed by atoms with Gasteiger partial charge in [-0.15, -0.1) is 5.10 Å². The Hall–Kier alpha value is -1.50. The van der Waals surface area contributed by atoms with Gasteiger partial charge in [-0.1, -0.05) is 0 Å². The van der Waals surface area contributed by atoms with Gasteiger partial charge in [-0.3, -0.25) is 4.72 Å². The van der Waals surface area contributed by atoms with E-state index >= 15 is 0 Å². The van der Waals surface area contributed by atoms with E-state index in [0.29, 0.717) is 0 Å². The molecule has 0 aliphatic rings. The first-order valence-electron chi connectivity index (χ1n) is 5.32. The molecular formula is C10H17N5OS. The lowest BCUT2D eigenvalue weighted by Gasteiger charge is -2.16. The Bertz CT molecular complexity index is 335. The zero-order valence-electron chi connectivity index (χ0n) is 10.0. The Labute approximate surface area is 105 Å². The van der Waals surface area contributed by atoms with Crippen molar-refractivity contribution in [2.75, 3.05) is 31.3 Å². The predicted molar refractivity (Wildman–Crippen MR) is 70.0 cm³/mol. The summed E-state index contributed by atoms with van der Waals surface area (Å²) in [6.45, 7) is 0.876. The molecule has 1 aromatic rings. The van der Waals surface area contributed by atoms with Gasteiger partial charge in [0.05, 0.1) is 0 Å². The van der Waals surface area contributed by atoms with Crippen molar-refractivity contribution in [3.8, 4) is 0 Å². The quantitative estimate of drug-likeness (QED) is 0.583. The summed E-state index contributed by atoms with van der Waals surface area (Å²) < 4.78 is 2.67. The monoisotopic (exact) mass is 255 g/mol. The Morgan fingerprint density at radius 2 is 2.41 bits per heavy atom. The van der Waals surface area contributed by atoms with Gasteiger partial charge in [0.1, 0.15) is 0 Å². The smallest absolute Gasteiger partial charge is 0.324 e. The molecular weight excluding hydrogens is 238 g/mol. The zero-order valence-corrected chi connectivity index (χ0v) is 10.8. The first-order chi connectivity index (χ1) is 8.24. The molecule has 1 heterocycles. The van der Waals surface area contributed by atoms with Crippen molar-refractivity contribution < 1.29 is 4.79 Å². The molecule has 0 saturated heterocycles. The second-order valence-electron chi connectivity index (χ2n) is 3.39. The second-order valence-corrected chi connectivity index (χ2v) is 4.29. The fourth-order valence-corrected chi connectivity index (χ4v) is 1.76. The highest BCUT2D eigenvalue weighted by molar-refractivity contribution is 7.97. The molecule has 0 aromatic carbocycles. The summed E-state index contributed by atoms with van der Waals surface area (Å²) in [6, 6.07) is 3.61. The summed E-state index contributed by atoms with van der Waals surface area (Å²) in [5.74, 6) is 1.72. The number of hydrogen-bond donors (Lipinski definition) is 2. The van der Waals surface area contributed by atoms with Crippen LogP contribution in [0.25, 0.3) is 0 Å². The van der Waals surface area contributed by atoms with Crippen molar-refractivity contribution in [1.82, 2.24) is 20.2 Å². The number of carbonyl (C=O) groups is 1. The van der Waals surface area contributed by atoms with E-state index in [1.807, 2.05) is 24.1 Å². The maximum Gasteiger partial charge on any atom is 0.324 e. The summed E-state index contributed by atoms with van der Waals surface area (Å²) in [5, 5.41) is 10.3. The summed E-state index contributed by atoms with van der Waals surface area (Å²) in [6.07, 6.45) is 2.61. The van der Waals surface area contributed by atoms with Crippen LogP contribution in [0.5, 0.6) is 0 Å². The minimum atomic E-state index is -0.169.